The molecule has 43 heavy (non-hydrogen) atoms. The molecule has 1 aromatic heterocycles. The molecule has 2 amide bonds. The first-order valence-electron chi connectivity index (χ1n) is 13.3. The van der Waals surface area contributed by atoms with E-state index in [9.17, 15) is 22.8 Å². The van der Waals surface area contributed by atoms with Crippen molar-refractivity contribution in [2.75, 3.05) is 6.26 Å². The molecule has 232 valence electrons. The highest BCUT2D eigenvalue weighted by Crippen LogP contribution is 2.39. The Morgan fingerprint density at radius 1 is 1.07 bits per heavy atom. The second-order valence-corrected chi connectivity index (χ2v) is 12.7. The Hall–Kier alpha value is -3.42. The Morgan fingerprint density at radius 3 is 2.28 bits per heavy atom. The SMILES string of the molecule is CS(=O)(=O)NC1CCCCC1.NC(=O)[C@@H]1c2ccccc2C(=O)N[C@H]1c1ccc(Cl)cc1Cl.O=C(O)c1coc(CO)c1. The van der Waals surface area contributed by atoms with Gasteiger partial charge in [-0.05, 0) is 48.2 Å². The van der Waals surface area contributed by atoms with E-state index in [4.69, 9.17) is 39.1 Å². The molecule has 0 unspecified atom stereocenters. The number of amides is 2. The summed E-state index contributed by atoms with van der Waals surface area (Å²) in [5.74, 6) is -2.26. The number of sulfonamides is 1. The minimum Gasteiger partial charge on any atom is -0.478 e. The number of furan rings is 1. The van der Waals surface area contributed by atoms with Crippen molar-refractivity contribution in [1.29, 1.82) is 0 Å². The van der Waals surface area contributed by atoms with Crippen molar-refractivity contribution in [1.82, 2.24) is 10.0 Å². The molecule has 0 radical (unpaired) electrons. The van der Waals surface area contributed by atoms with Crippen molar-refractivity contribution in [3.8, 4) is 0 Å². The van der Waals surface area contributed by atoms with Crippen LogP contribution in [0.1, 0.15) is 81.7 Å². The van der Waals surface area contributed by atoms with Crippen LogP contribution in [0, 0.1) is 0 Å². The summed E-state index contributed by atoms with van der Waals surface area (Å²) in [7, 11) is -2.97. The van der Waals surface area contributed by atoms with E-state index in [1.807, 2.05) is 0 Å². The van der Waals surface area contributed by atoms with E-state index in [2.05, 4.69) is 14.5 Å². The lowest BCUT2D eigenvalue weighted by Gasteiger charge is -2.33. The third kappa shape index (κ3) is 9.80. The number of fused-ring (bicyclic) bond motifs is 1. The van der Waals surface area contributed by atoms with Crippen LogP contribution in [-0.4, -0.2) is 48.7 Å². The zero-order valence-corrected chi connectivity index (χ0v) is 25.6. The average molecular weight is 655 g/mol. The molecule has 2 heterocycles. The summed E-state index contributed by atoms with van der Waals surface area (Å²) in [4.78, 5) is 34.5. The van der Waals surface area contributed by atoms with E-state index in [0.29, 0.717) is 26.7 Å². The molecule has 0 saturated heterocycles. The standard InChI is InChI=1S/C16H12Cl2N2O2.C7H15NO2S.C6H6O4/c17-8-5-6-11(12(18)7-8)14-13(15(19)21)9-3-1-2-4-10(9)16(22)20-14;1-11(9,10)8-7-5-3-2-4-6-7;7-2-5-1-4(3-10-5)6(8)9/h1-7,13-14H,(H2,19,21)(H,20,22);7-8H,2-6H2,1H3;1,3,7H,2H2,(H,8,9)/t13-,14+;;/m1../s1. The molecule has 3 aromatic rings. The minimum absolute atomic E-state index is 0.0593. The number of primary amides is 1. The second kappa shape index (κ2) is 15.3. The van der Waals surface area contributed by atoms with Gasteiger partial charge in [-0.3, -0.25) is 9.59 Å². The number of aliphatic hydroxyl groups excluding tert-OH is 1. The Labute approximate surface area is 259 Å². The van der Waals surface area contributed by atoms with Crippen molar-refractivity contribution in [2.45, 2.75) is 56.7 Å². The number of hydrogen-bond donors (Lipinski definition) is 5. The van der Waals surface area contributed by atoms with E-state index in [-0.39, 0.29) is 29.9 Å². The minimum atomic E-state index is -2.97. The van der Waals surface area contributed by atoms with Crippen LogP contribution >= 0.6 is 23.2 Å². The van der Waals surface area contributed by atoms with Crippen LogP contribution in [0.15, 0.2) is 59.2 Å². The van der Waals surface area contributed by atoms with Crippen LogP contribution in [0.4, 0.5) is 0 Å². The van der Waals surface area contributed by atoms with Gasteiger partial charge in [-0.1, -0.05) is 66.7 Å². The number of benzene rings is 2. The van der Waals surface area contributed by atoms with Crippen LogP contribution in [0.2, 0.25) is 10.0 Å². The highest BCUT2D eigenvalue weighted by atomic mass is 35.5. The maximum atomic E-state index is 12.3. The van der Waals surface area contributed by atoms with E-state index in [1.165, 1.54) is 18.7 Å². The Kier molecular flexibility index (Phi) is 12.2. The molecule has 1 fully saturated rings. The molecule has 2 aliphatic rings. The van der Waals surface area contributed by atoms with Gasteiger partial charge in [-0.15, -0.1) is 0 Å². The van der Waals surface area contributed by atoms with Gasteiger partial charge in [0.1, 0.15) is 18.6 Å². The fourth-order valence-electron chi connectivity index (χ4n) is 4.88. The summed E-state index contributed by atoms with van der Waals surface area (Å²) in [6.07, 6.45) is 7.90. The summed E-state index contributed by atoms with van der Waals surface area (Å²) in [5, 5.41) is 20.5. The Morgan fingerprint density at radius 2 is 1.74 bits per heavy atom. The van der Waals surface area contributed by atoms with Gasteiger partial charge in [-0.25, -0.2) is 17.9 Å². The number of carboxylic acid groups (broad SMARTS) is 1. The number of rotatable bonds is 6. The first-order chi connectivity index (χ1) is 20.3. The molecule has 2 atom stereocenters. The van der Waals surface area contributed by atoms with Crippen LogP contribution < -0.4 is 15.8 Å². The Bertz CT molecular complexity index is 1550. The quantitative estimate of drug-likeness (QED) is 0.259. The van der Waals surface area contributed by atoms with E-state index in [0.717, 1.165) is 31.9 Å². The van der Waals surface area contributed by atoms with Gasteiger partial charge in [0.05, 0.1) is 23.8 Å². The van der Waals surface area contributed by atoms with Gasteiger partial charge in [0, 0.05) is 21.7 Å². The Balaban J connectivity index is 0.000000201. The molecule has 1 aliphatic heterocycles. The van der Waals surface area contributed by atoms with Crippen LogP contribution in [0.5, 0.6) is 0 Å². The van der Waals surface area contributed by atoms with Crippen molar-refractivity contribution >= 4 is 51.0 Å². The first kappa shape index (κ1) is 34.1. The number of halogens is 2. The lowest BCUT2D eigenvalue weighted by Crippen LogP contribution is -2.43. The zero-order chi connectivity index (χ0) is 31.7. The molecular formula is C29H33Cl2N3O8S. The number of aromatic carboxylic acids is 1. The highest BCUT2D eigenvalue weighted by Gasteiger charge is 2.38. The number of carboxylic acids is 1. The van der Waals surface area contributed by atoms with Crippen LogP contribution in [-0.2, 0) is 21.4 Å². The number of aliphatic hydroxyl groups is 1. The summed E-state index contributed by atoms with van der Waals surface area (Å²) in [6.45, 7) is -0.271. The number of hydrogen-bond acceptors (Lipinski definition) is 7. The third-order valence-electron chi connectivity index (χ3n) is 6.81. The summed E-state index contributed by atoms with van der Waals surface area (Å²) < 4.78 is 28.9. The van der Waals surface area contributed by atoms with Crippen LogP contribution in [0.3, 0.4) is 0 Å². The molecule has 0 spiro atoms. The van der Waals surface area contributed by atoms with Gasteiger partial charge >= 0.3 is 5.97 Å². The van der Waals surface area contributed by atoms with Crippen molar-refractivity contribution in [2.24, 2.45) is 5.73 Å². The molecule has 1 aliphatic carbocycles. The molecular weight excluding hydrogens is 621 g/mol. The predicted molar refractivity (Wildman–Crippen MR) is 161 cm³/mol. The normalized spacial score (nSPS) is 18.2. The smallest absolute Gasteiger partial charge is 0.338 e. The van der Waals surface area contributed by atoms with Crippen molar-refractivity contribution in [3.63, 3.8) is 0 Å². The van der Waals surface area contributed by atoms with Gasteiger partial charge in [0.15, 0.2) is 0 Å². The van der Waals surface area contributed by atoms with Crippen molar-refractivity contribution < 1.29 is 37.4 Å². The summed E-state index contributed by atoms with van der Waals surface area (Å²) in [6, 6.07) is 12.7. The molecule has 14 heteroatoms. The molecule has 5 rings (SSSR count). The monoisotopic (exact) mass is 653 g/mol. The fraction of sp³-hybridized carbons (Fsp3) is 0.345. The predicted octanol–water partition coefficient (Wildman–Crippen LogP) is 4.39. The lowest BCUT2D eigenvalue weighted by atomic mass is 9.81. The van der Waals surface area contributed by atoms with E-state index < -0.39 is 33.9 Å². The average Bonchev–Trinajstić information content (AvgIpc) is 3.43. The second-order valence-electron chi connectivity index (χ2n) is 10.1. The molecule has 11 nitrogen and oxygen atoms in total. The van der Waals surface area contributed by atoms with Crippen molar-refractivity contribution in [3.05, 3.63) is 92.9 Å². The summed E-state index contributed by atoms with van der Waals surface area (Å²) in [5.41, 5.74) is 7.30. The van der Waals surface area contributed by atoms with E-state index in [1.54, 1.807) is 42.5 Å². The maximum Gasteiger partial charge on any atom is 0.338 e. The van der Waals surface area contributed by atoms with Gasteiger partial charge in [0.25, 0.3) is 5.91 Å². The molecule has 0 bridgehead atoms. The number of carbonyl (C=O) groups excluding carboxylic acids is 2. The zero-order valence-electron chi connectivity index (χ0n) is 23.3. The van der Waals surface area contributed by atoms with Gasteiger partial charge in [-0.2, -0.15) is 0 Å². The summed E-state index contributed by atoms with van der Waals surface area (Å²) >= 11 is 12.1. The van der Waals surface area contributed by atoms with Crippen LogP contribution in [0.25, 0.3) is 0 Å². The third-order valence-corrected chi connectivity index (χ3v) is 8.13. The number of carbonyl (C=O) groups is 3. The lowest BCUT2D eigenvalue weighted by molar-refractivity contribution is -0.120. The highest BCUT2D eigenvalue weighted by molar-refractivity contribution is 7.88. The van der Waals surface area contributed by atoms with Gasteiger partial charge in [0.2, 0.25) is 15.9 Å². The first-order valence-corrected chi connectivity index (χ1v) is 16.0. The number of nitrogens with two attached hydrogens (primary N) is 1. The molecule has 1 saturated carbocycles. The fourth-order valence-corrected chi connectivity index (χ4v) is 6.25. The topological polar surface area (TPSA) is 189 Å². The molecule has 6 N–H and O–H groups in total. The largest absolute Gasteiger partial charge is 0.478 e. The maximum absolute atomic E-state index is 12.3. The van der Waals surface area contributed by atoms with E-state index >= 15 is 0 Å². The number of nitrogens with one attached hydrogen (secondary N) is 2. The van der Waals surface area contributed by atoms with Gasteiger partial charge < -0.3 is 25.7 Å². The molecule has 2 aromatic carbocycles.